The van der Waals surface area contributed by atoms with Crippen molar-refractivity contribution >= 4 is 11.3 Å². The van der Waals surface area contributed by atoms with Crippen molar-refractivity contribution in [1.29, 1.82) is 0 Å². The van der Waals surface area contributed by atoms with E-state index in [0.717, 1.165) is 31.6 Å². The second kappa shape index (κ2) is 6.24. The van der Waals surface area contributed by atoms with Gasteiger partial charge in [0.1, 0.15) is 0 Å². The molecule has 0 amide bonds. The van der Waals surface area contributed by atoms with Crippen LogP contribution in [0.25, 0.3) is 10.6 Å². The Morgan fingerprint density at radius 3 is 3.24 bits per heavy atom. The van der Waals surface area contributed by atoms with Crippen LogP contribution < -0.4 is 5.32 Å². The summed E-state index contributed by atoms with van der Waals surface area (Å²) in [5.41, 5.74) is 2.32. The fraction of sp³-hybridized carbons (Fsp3) is 0.308. The first-order chi connectivity index (χ1) is 8.42. The third kappa shape index (κ3) is 3.19. The van der Waals surface area contributed by atoms with Crippen LogP contribution in [0.4, 0.5) is 0 Å². The molecule has 0 aliphatic heterocycles. The van der Waals surface area contributed by atoms with Crippen molar-refractivity contribution in [3.05, 3.63) is 29.3 Å². The van der Waals surface area contributed by atoms with E-state index in [0.29, 0.717) is 0 Å². The molecule has 2 heterocycles. The number of rotatable bonds is 6. The highest BCUT2D eigenvalue weighted by Gasteiger charge is 2.07. The van der Waals surface area contributed by atoms with E-state index in [9.17, 15) is 0 Å². The standard InChI is InChI=1S/C13H15N3S/c1-2-3-4-7-14-9-11-10-15-16-13(11)12-6-5-8-17-12/h1,5-6,8,10,14H,3-4,7,9H2,(H,15,16). The van der Waals surface area contributed by atoms with Gasteiger partial charge in [-0.25, -0.2) is 0 Å². The van der Waals surface area contributed by atoms with E-state index in [4.69, 9.17) is 6.42 Å². The maximum absolute atomic E-state index is 5.20. The van der Waals surface area contributed by atoms with E-state index >= 15 is 0 Å². The normalized spacial score (nSPS) is 10.3. The van der Waals surface area contributed by atoms with E-state index in [-0.39, 0.29) is 0 Å². The van der Waals surface area contributed by atoms with Crippen LogP contribution in [0.5, 0.6) is 0 Å². The minimum absolute atomic E-state index is 0.828. The summed E-state index contributed by atoms with van der Waals surface area (Å²) < 4.78 is 0. The topological polar surface area (TPSA) is 40.7 Å². The Bertz CT molecular complexity index is 479. The number of hydrogen-bond acceptors (Lipinski definition) is 3. The Morgan fingerprint density at radius 1 is 1.53 bits per heavy atom. The Labute approximate surface area is 105 Å². The summed E-state index contributed by atoms with van der Waals surface area (Å²) in [6.45, 7) is 1.77. The molecule has 0 spiro atoms. The molecule has 2 N–H and O–H groups in total. The lowest BCUT2D eigenvalue weighted by molar-refractivity contribution is 0.660. The van der Waals surface area contributed by atoms with Crippen LogP contribution in [0, 0.1) is 12.3 Å². The molecule has 0 fully saturated rings. The van der Waals surface area contributed by atoms with Gasteiger partial charge in [0.15, 0.2) is 0 Å². The Kier molecular flexibility index (Phi) is 4.37. The van der Waals surface area contributed by atoms with Gasteiger partial charge in [0.2, 0.25) is 0 Å². The predicted molar refractivity (Wildman–Crippen MR) is 71.7 cm³/mol. The van der Waals surface area contributed by atoms with Gasteiger partial charge in [-0.15, -0.1) is 23.7 Å². The molecule has 0 unspecified atom stereocenters. The first-order valence-electron chi connectivity index (χ1n) is 5.62. The minimum atomic E-state index is 0.828. The Balaban J connectivity index is 1.90. The monoisotopic (exact) mass is 245 g/mol. The number of terminal acetylenes is 1. The highest BCUT2D eigenvalue weighted by molar-refractivity contribution is 7.13. The van der Waals surface area contributed by atoms with E-state index in [2.05, 4.69) is 32.9 Å². The van der Waals surface area contributed by atoms with Gasteiger partial charge in [-0.3, -0.25) is 5.10 Å². The minimum Gasteiger partial charge on any atom is -0.313 e. The van der Waals surface area contributed by atoms with Gasteiger partial charge < -0.3 is 5.32 Å². The van der Waals surface area contributed by atoms with E-state index in [1.54, 1.807) is 11.3 Å². The van der Waals surface area contributed by atoms with Crippen LogP contribution in [0.2, 0.25) is 0 Å². The van der Waals surface area contributed by atoms with Gasteiger partial charge in [-0.2, -0.15) is 5.10 Å². The summed E-state index contributed by atoms with van der Waals surface area (Å²) in [4.78, 5) is 1.22. The number of unbranched alkanes of at least 4 members (excludes halogenated alkanes) is 1. The lowest BCUT2D eigenvalue weighted by Gasteiger charge is -2.03. The first kappa shape index (κ1) is 11.9. The number of aromatic amines is 1. The first-order valence-corrected chi connectivity index (χ1v) is 6.50. The molecule has 0 saturated carbocycles. The molecular formula is C13H15N3S. The summed E-state index contributed by atoms with van der Waals surface area (Å²) in [6.07, 6.45) is 8.93. The fourth-order valence-electron chi connectivity index (χ4n) is 1.62. The van der Waals surface area contributed by atoms with Crippen LogP contribution in [0.15, 0.2) is 23.7 Å². The van der Waals surface area contributed by atoms with Gasteiger partial charge in [-0.05, 0) is 24.4 Å². The molecule has 3 nitrogen and oxygen atoms in total. The molecule has 4 heteroatoms. The predicted octanol–water partition coefficient (Wildman–Crippen LogP) is 2.64. The zero-order valence-electron chi connectivity index (χ0n) is 9.57. The second-order valence-corrected chi connectivity index (χ2v) is 4.68. The van der Waals surface area contributed by atoms with Crippen molar-refractivity contribution < 1.29 is 0 Å². The molecular weight excluding hydrogens is 230 g/mol. The molecule has 0 saturated heterocycles. The van der Waals surface area contributed by atoms with Gasteiger partial charge in [0.05, 0.1) is 16.8 Å². The highest BCUT2D eigenvalue weighted by atomic mass is 32.1. The van der Waals surface area contributed by atoms with E-state index in [1.165, 1.54) is 10.4 Å². The average molecular weight is 245 g/mol. The smallest absolute Gasteiger partial charge is 0.0794 e. The van der Waals surface area contributed by atoms with Gasteiger partial charge in [-0.1, -0.05) is 6.07 Å². The molecule has 2 aromatic heterocycles. The van der Waals surface area contributed by atoms with Crippen LogP contribution in [-0.4, -0.2) is 16.7 Å². The van der Waals surface area contributed by atoms with Crippen LogP contribution >= 0.6 is 11.3 Å². The van der Waals surface area contributed by atoms with Crippen molar-refractivity contribution in [3.63, 3.8) is 0 Å². The maximum atomic E-state index is 5.20. The Morgan fingerprint density at radius 2 is 2.47 bits per heavy atom. The van der Waals surface area contributed by atoms with Gasteiger partial charge >= 0.3 is 0 Å². The van der Waals surface area contributed by atoms with Crippen LogP contribution in [-0.2, 0) is 6.54 Å². The summed E-state index contributed by atoms with van der Waals surface area (Å²) in [5, 5.41) is 12.6. The van der Waals surface area contributed by atoms with Crippen LogP contribution in [0.3, 0.4) is 0 Å². The van der Waals surface area contributed by atoms with Crippen molar-refractivity contribution in [2.24, 2.45) is 0 Å². The van der Waals surface area contributed by atoms with Crippen molar-refractivity contribution in [3.8, 4) is 22.9 Å². The molecule has 0 aromatic carbocycles. The third-order valence-corrected chi connectivity index (χ3v) is 3.36. The zero-order valence-corrected chi connectivity index (χ0v) is 10.4. The van der Waals surface area contributed by atoms with Gasteiger partial charge in [0.25, 0.3) is 0 Å². The molecule has 0 atom stereocenters. The van der Waals surface area contributed by atoms with Crippen molar-refractivity contribution in [1.82, 2.24) is 15.5 Å². The molecule has 0 bridgehead atoms. The maximum Gasteiger partial charge on any atom is 0.0794 e. The number of hydrogen-bond donors (Lipinski definition) is 2. The molecule has 0 radical (unpaired) electrons. The van der Waals surface area contributed by atoms with Crippen molar-refractivity contribution in [2.75, 3.05) is 6.54 Å². The van der Waals surface area contributed by atoms with Crippen molar-refractivity contribution in [2.45, 2.75) is 19.4 Å². The number of nitrogens with zero attached hydrogens (tertiary/aromatic N) is 1. The number of H-pyrrole nitrogens is 1. The van der Waals surface area contributed by atoms with E-state index < -0.39 is 0 Å². The molecule has 17 heavy (non-hydrogen) atoms. The zero-order chi connectivity index (χ0) is 11.9. The quantitative estimate of drug-likeness (QED) is 0.607. The highest BCUT2D eigenvalue weighted by Crippen LogP contribution is 2.25. The SMILES string of the molecule is C#CCCCNCc1cn[nH]c1-c1cccs1. The number of nitrogens with one attached hydrogen (secondary N) is 2. The molecule has 88 valence electrons. The average Bonchev–Trinajstić information content (AvgIpc) is 2.98. The fourth-order valence-corrected chi connectivity index (χ4v) is 2.37. The largest absolute Gasteiger partial charge is 0.313 e. The second-order valence-electron chi connectivity index (χ2n) is 3.73. The summed E-state index contributed by atoms with van der Waals surface area (Å²) in [5.74, 6) is 2.64. The lowest BCUT2D eigenvalue weighted by Crippen LogP contribution is -2.14. The molecule has 0 aliphatic rings. The summed E-state index contributed by atoms with van der Waals surface area (Å²) in [7, 11) is 0. The summed E-state index contributed by atoms with van der Waals surface area (Å²) >= 11 is 1.72. The molecule has 2 aromatic rings. The lowest BCUT2D eigenvalue weighted by atomic mass is 10.2. The molecule has 2 rings (SSSR count). The number of aromatic nitrogens is 2. The van der Waals surface area contributed by atoms with E-state index in [1.807, 2.05) is 12.3 Å². The Hall–Kier alpha value is -1.57. The third-order valence-electron chi connectivity index (χ3n) is 2.48. The van der Waals surface area contributed by atoms with Gasteiger partial charge in [0, 0.05) is 18.5 Å². The van der Waals surface area contributed by atoms with Crippen LogP contribution in [0.1, 0.15) is 18.4 Å². The molecule has 0 aliphatic carbocycles. The number of thiophene rings is 1. The summed E-state index contributed by atoms with van der Waals surface area (Å²) in [6, 6.07) is 4.14.